The first kappa shape index (κ1) is 30.9. The molecule has 10 nitrogen and oxygen atoms in total. The van der Waals surface area contributed by atoms with E-state index >= 15 is 0 Å². The second-order valence-corrected chi connectivity index (χ2v) is 14.7. The van der Waals surface area contributed by atoms with Gasteiger partial charge >= 0.3 is 5.97 Å². The van der Waals surface area contributed by atoms with Gasteiger partial charge in [0.25, 0.3) is 0 Å². The van der Waals surface area contributed by atoms with Crippen molar-refractivity contribution in [2.45, 2.75) is 30.8 Å². The number of carbonyl (C=O) groups excluding carboxylic acids is 1. The Kier molecular flexibility index (Phi) is 8.45. The van der Waals surface area contributed by atoms with E-state index in [0.717, 1.165) is 27.3 Å². The zero-order valence-corrected chi connectivity index (χ0v) is 27.7. The number of nitrogens with one attached hydrogen (secondary N) is 1. The molecule has 2 aliphatic heterocycles. The number of sulfonamides is 1. The van der Waals surface area contributed by atoms with Gasteiger partial charge in [0.1, 0.15) is 17.4 Å². The van der Waals surface area contributed by atoms with E-state index in [1.54, 1.807) is 31.5 Å². The van der Waals surface area contributed by atoms with Crippen LogP contribution in [-0.4, -0.2) is 47.9 Å². The lowest BCUT2D eigenvalue weighted by Gasteiger charge is -2.31. The summed E-state index contributed by atoms with van der Waals surface area (Å²) in [4.78, 5) is 25.5. The van der Waals surface area contributed by atoms with Crippen molar-refractivity contribution >= 4 is 65.6 Å². The van der Waals surface area contributed by atoms with Crippen molar-refractivity contribution in [3.8, 4) is 22.5 Å². The number of fused-ring (bicyclic) bond motifs is 2. The minimum atomic E-state index is -3.93. The van der Waals surface area contributed by atoms with Crippen LogP contribution in [0.1, 0.15) is 19.8 Å². The molecule has 4 heterocycles. The zero-order chi connectivity index (χ0) is 32.5. The maximum atomic E-state index is 14.3. The highest BCUT2D eigenvalue weighted by Gasteiger charge is 2.33. The number of rotatable bonds is 8. The monoisotopic (exact) mass is 683 g/mol. The predicted octanol–water partition coefficient (Wildman–Crippen LogP) is 7.37. The smallest absolute Gasteiger partial charge is 0.333 e. The fourth-order valence-corrected chi connectivity index (χ4v) is 8.33. The average molecular weight is 684 g/mol. The topological polar surface area (TPSA) is 127 Å². The van der Waals surface area contributed by atoms with Crippen LogP contribution in [0.5, 0.6) is 0 Å². The van der Waals surface area contributed by atoms with E-state index in [1.807, 2.05) is 59.3 Å². The summed E-state index contributed by atoms with van der Waals surface area (Å²) in [5.41, 5.74) is 3.68. The quantitative estimate of drug-likeness (QED) is 0.100. The first-order chi connectivity index (χ1) is 22.8. The molecule has 0 radical (unpaired) electrons. The van der Waals surface area contributed by atoms with Gasteiger partial charge in [0, 0.05) is 81.7 Å². The number of hydrogen-bond donors (Lipinski definition) is 1. The number of aromatic nitrogens is 2. The van der Waals surface area contributed by atoms with Crippen LogP contribution >= 0.6 is 22.7 Å². The summed E-state index contributed by atoms with van der Waals surface area (Å²) >= 11 is 2.91. The number of nitrogens with zero attached hydrogens (tertiary/aromatic N) is 4. The van der Waals surface area contributed by atoms with E-state index in [2.05, 4.69) is 26.9 Å². The zero-order valence-electron chi connectivity index (χ0n) is 25.3. The molecule has 0 atom stereocenters. The van der Waals surface area contributed by atoms with Crippen molar-refractivity contribution in [2.75, 3.05) is 18.4 Å². The normalized spacial score (nSPS) is 14.9. The summed E-state index contributed by atoms with van der Waals surface area (Å²) < 4.78 is 42.1. The molecular formula is C34H29N5O5S3. The lowest BCUT2D eigenvalue weighted by atomic mass is 9.93. The molecule has 0 amide bonds. The van der Waals surface area contributed by atoms with Gasteiger partial charge in [-0.3, -0.25) is 0 Å². The molecule has 1 aliphatic carbocycles. The molecule has 2 aromatic heterocycles. The number of hydrogen-bond acceptors (Lipinski definition) is 11. The van der Waals surface area contributed by atoms with Gasteiger partial charge in [0.2, 0.25) is 15.2 Å². The number of thiazole rings is 2. The Morgan fingerprint density at radius 1 is 1.02 bits per heavy atom. The van der Waals surface area contributed by atoms with Gasteiger partial charge in [-0.25, -0.2) is 28.2 Å². The fourth-order valence-electron chi connectivity index (χ4n) is 5.59. The SMILES string of the molecule is C=C(C)C(=O)OC1CCN(S(=O)(=O)c2ccccc2-c2c3ccc(=Nc4nccs4)cc-3oc3cc(Nc4nccs4)ccc23)CC1. The van der Waals surface area contributed by atoms with Crippen molar-refractivity contribution in [2.24, 2.45) is 4.99 Å². The van der Waals surface area contributed by atoms with Crippen LogP contribution in [0.3, 0.4) is 0 Å². The van der Waals surface area contributed by atoms with Gasteiger partial charge in [-0.2, -0.15) is 4.31 Å². The van der Waals surface area contributed by atoms with Gasteiger partial charge in [0.05, 0.1) is 10.3 Å². The van der Waals surface area contributed by atoms with Crippen molar-refractivity contribution in [3.05, 3.63) is 101 Å². The molecule has 238 valence electrons. The Hall–Kier alpha value is -4.69. The molecular weight excluding hydrogens is 655 g/mol. The highest BCUT2D eigenvalue weighted by atomic mass is 32.2. The standard InChI is InChI=1S/C34H29N5O5S3/c1-21(2)32(40)43-24-11-15-39(16-12-24)47(41,42)30-6-4-3-5-27(30)31-25-9-7-22(37-33-35-13-17-45-33)19-28(25)44-29-20-23(8-10-26(29)31)38-34-36-14-18-46-34/h3-10,13-14,17-20,24H,1,11-12,15-16H2,2H3,(H,35,37). The van der Waals surface area contributed by atoms with Crippen LogP contribution in [0.4, 0.5) is 16.0 Å². The van der Waals surface area contributed by atoms with Gasteiger partial charge in [-0.05, 0) is 50.1 Å². The lowest BCUT2D eigenvalue weighted by Crippen LogP contribution is -2.41. The molecule has 2 aromatic carbocycles. The molecule has 47 heavy (non-hydrogen) atoms. The number of benzene rings is 3. The number of ether oxygens (including phenoxy) is 1. The third-order valence-corrected chi connectivity index (χ3v) is 11.1. The highest BCUT2D eigenvalue weighted by molar-refractivity contribution is 7.89. The minimum absolute atomic E-state index is 0.188. The molecule has 1 fully saturated rings. The second-order valence-electron chi connectivity index (χ2n) is 11.0. The van der Waals surface area contributed by atoms with Gasteiger partial charge in [-0.15, -0.1) is 22.7 Å². The third kappa shape index (κ3) is 6.34. The van der Waals surface area contributed by atoms with Gasteiger partial charge in [0.15, 0.2) is 5.13 Å². The second kappa shape index (κ2) is 12.8. The van der Waals surface area contributed by atoms with Crippen LogP contribution in [-0.2, 0) is 19.6 Å². The van der Waals surface area contributed by atoms with Crippen molar-refractivity contribution in [3.63, 3.8) is 0 Å². The van der Waals surface area contributed by atoms with E-state index in [4.69, 9.17) is 9.15 Å². The van der Waals surface area contributed by atoms with E-state index < -0.39 is 16.0 Å². The molecule has 0 unspecified atom stereocenters. The summed E-state index contributed by atoms with van der Waals surface area (Å²) in [6.45, 7) is 5.68. The Balaban J connectivity index is 1.34. The molecule has 13 heteroatoms. The minimum Gasteiger partial charge on any atom is -0.459 e. The number of anilines is 2. The van der Waals surface area contributed by atoms with Crippen molar-refractivity contribution in [1.29, 1.82) is 0 Å². The average Bonchev–Trinajstić information content (AvgIpc) is 3.79. The summed E-state index contributed by atoms with van der Waals surface area (Å²) in [6.07, 6.45) is 3.87. The third-order valence-electron chi connectivity index (χ3n) is 7.83. The first-order valence-corrected chi connectivity index (χ1v) is 18.0. The van der Waals surface area contributed by atoms with Crippen LogP contribution in [0, 0.1) is 0 Å². The molecule has 4 aromatic rings. The Morgan fingerprint density at radius 3 is 2.55 bits per heavy atom. The summed E-state index contributed by atoms with van der Waals surface area (Å²) in [5, 5.41) is 9.83. The van der Waals surface area contributed by atoms with Crippen molar-refractivity contribution < 1.29 is 22.4 Å². The van der Waals surface area contributed by atoms with Crippen LogP contribution in [0.25, 0.3) is 33.4 Å². The van der Waals surface area contributed by atoms with E-state index in [0.29, 0.717) is 45.8 Å². The Labute approximate surface area is 279 Å². The molecule has 1 saturated heterocycles. The summed E-state index contributed by atoms with van der Waals surface area (Å²) in [6, 6.07) is 18.4. The molecule has 0 saturated carbocycles. The van der Waals surface area contributed by atoms with Crippen LogP contribution < -0.4 is 10.7 Å². The van der Waals surface area contributed by atoms with E-state index in [-0.39, 0.29) is 24.1 Å². The maximum Gasteiger partial charge on any atom is 0.333 e. The molecule has 1 N–H and O–H groups in total. The van der Waals surface area contributed by atoms with E-state index in [9.17, 15) is 13.2 Å². The molecule has 3 aliphatic rings. The molecule has 0 bridgehead atoms. The van der Waals surface area contributed by atoms with Gasteiger partial charge in [-0.1, -0.05) is 24.8 Å². The lowest BCUT2D eigenvalue weighted by molar-refractivity contribution is -0.145. The number of esters is 1. The first-order valence-electron chi connectivity index (χ1n) is 14.8. The summed E-state index contributed by atoms with van der Waals surface area (Å²) in [7, 11) is -3.93. The highest BCUT2D eigenvalue weighted by Crippen LogP contribution is 2.43. The van der Waals surface area contributed by atoms with Crippen LogP contribution in [0.2, 0.25) is 0 Å². The maximum absolute atomic E-state index is 14.3. The number of piperidine rings is 1. The number of carbonyl (C=O) groups is 1. The summed E-state index contributed by atoms with van der Waals surface area (Å²) in [5.74, 6) is 0.0848. The predicted molar refractivity (Wildman–Crippen MR) is 184 cm³/mol. The van der Waals surface area contributed by atoms with Gasteiger partial charge < -0.3 is 14.5 Å². The fraction of sp³-hybridized carbons (Fsp3) is 0.176. The van der Waals surface area contributed by atoms with Crippen molar-refractivity contribution in [1.82, 2.24) is 14.3 Å². The largest absolute Gasteiger partial charge is 0.459 e. The van der Waals surface area contributed by atoms with E-state index in [1.165, 1.54) is 27.0 Å². The Bertz CT molecular complexity index is 2240. The Morgan fingerprint density at radius 2 is 1.81 bits per heavy atom. The molecule has 7 rings (SSSR count). The van der Waals surface area contributed by atoms with Crippen LogP contribution in [0.15, 0.2) is 110 Å². The molecule has 0 spiro atoms.